The number of ether oxygens (including phenoxy) is 1. The van der Waals surface area contributed by atoms with Gasteiger partial charge < -0.3 is 10.1 Å². The minimum absolute atomic E-state index is 0.0654. The van der Waals surface area contributed by atoms with Crippen molar-refractivity contribution in [1.82, 2.24) is 0 Å². The Labute approximate surface area is 146 Å². The normalized spacial score (nSPS) is 11.2. The van der Waals surface area contributed by atoms with Crippen LogP contribution in [0.3, 0.4) is 0 Å². The SMILES string of the molecule is C=CCOc1ccc(/C=C/C(=O)Nc2cccc(S(N)(=O)=O)c2)cc1. The van der Waals surface area contributed by atoms with Gasteiger partial charge in [-0.2, -0.15) is 0 Å². The standard InChI is InChI=1S/C18H18N2O4S/c1-2-12-24-16-9-6-14(7-10-16)8-11-18(21)20-15-4-3-5-17(13-15)25(19,22)23/h2-11,13H,1,12H2,(H,20,21)(H2,19,22,23)/b11-8+. The molecule has 0 radical (unpaired) electrons. The summed E-state index contributed by atoms with van der Waals surface area (Å²) < 4.78 is 28.0. The average Bonchev–Trinajstić information content (AvgIpc) is 2.58. The smallest absolute Gasteiger partial charge is 0.248 e. The van der Waals surface area contributed by atoms with Crippen LogP contribution in [0.25, 0.3) is 6.08 Å². The van der Waals surface area contributed by atoms with Crippen LogP contribution in [-0.4, -0.2) is 20.9 Å². The van der Waals surface area contributed by atoms with Gasteiger partial charge in [-0.25, -0.2) is 13.6 Å². The monoisotopic (exact) mass is 358 g/mol. The molecule has 0 bridgehead atoms. The van der Waals surface area contributed by atoms with E-state index in [-0.39, 0.29) is 4.90 Å². The van der Waals surface area contributed by atoms with Gasteiger partial charge in [0.05, 0.1) is 4.90 Å². The van der Waals surface area contributed by atoms with E-state index in [1.165, 1.54) is 24.3 Å². The van der Waals surface area contributed by atoms with Gasteiger partial charge in [-0.05, 0) is 42.0 Å². The summed E-state index contributed by atoms with van der Waals surface area (Å²) in [5, 5.41) is 7.65. The van der Waals surface area contributed by atoms with Crippen molar-refractivity contribution in [2.24, 2.45) is 5.14 Å². The number of carbonyl (C=O) groups excluding carboxylic acids is 1. The van der Waals surface area contributed by atoms with Crippen molar-refractivity contribution in [2.75, 3.05) is 11.9 Å². The van der Waals surface area contributed by atoms with Crippen molar-refractivity contribution < 1.29 is 17.9 Å². The number of primary sulfonamides is 1. The number of rotatable bonds is 7. The fourth-order valence-corrected chi connectivity index (χ4v) is 2.50. The van der Waals surface area contributed by atoms with Gasteiger partial charge in [-0.1, -0.05) is 30.9 Å². The molecule has 0 unspecified atom stereocenters. The molecule has 0 atom stereocenters. The predicted molar refractivity (Wildman–Crippen MR) is 97.6 cm³/mol. The highest BCUT2D eigenvalue weighted by Crippen LogP contribution is 2.15. The lowest BCUT2D eigenvalue weighted by atomic mass is 10.2. The van der Waals surface area contributed by atoms with Gasteiger partial charge in [-0.3, -0.25) is 4.79 Å². The van der Waals surface area contributed by atoms with Crippen LogP contribution in [0.5, 0.6) is 5.75 Å². The number of nitrogens with two attached hydrogens (primary N) is 1. The first-order valence-corrected chi connectivity index (χ1v) is 8.89. The van der Waals surface area contributed by atoms with Crippen molar-refractivity contribution in [3.63, 3.8) is 0 Å². The summed E-state index contributed by atoms with van der Waals surface area (Å²) in [6.07, 6.45) is 4.64. The van der Waals surface area contributed by atoms with Crippen molar-refractivity contribution in [3.05, 3.63) is 72.8 Å². The molecule has 7 heteroatoms. The Hall–Kier alpha value is -2.90. The molecule has 6 nitrogen and oxygen atoms in total. The van der Waals surface area contributed by atoms with Gasteiger partial charge in [0.1, 0.15) is 12.4 Å². The van der Waals surface area contributed by atoms with Gasteiger partial charge in [-0.15, -0.1) is 0 Å². The van der Waals surface area contributed by atoms with Gasteiger partial charge in [0.2, 0.25) is 15.9 Å². The van der Waals surface area contributed by atoms with Crippen molar-refractivity contribution in [2.45, 2.75) is 4.90 Å². The largest absolute Gasteiger partial charge is 0.490 e. The molecular weight excluding hydrogens is 340 g/mol. The van der Waals surface area contributed by atoms with Crippen molar-refractivity contribution >= 4 is 27.7 Å². The minimum atomic E-state index is -3.81. The highest BCUT2D eigenvalue weighted by molar-refractivity contribution is 7.89. The summed E-state index contributed by atoms with van der Waals surface area (Å²) in [5.41, 5.74) is 1.16. The third-order valence-electron chi connectivity index (χ3n) is 3.11. The second-order valence-electron chi connectivity index (χ2n) is 5.06. The molecule has 2 aromatic carbocycles. The molecule has 0 aromatic heterocycles. The van der Waals surface area contributed by atoms with E-state index in [0.29, 0.717) is 18.0 Å². The lowest BCUT2D eigenvalue weighted by Crippen LogP contribution is -2.13. The number of carbonyl (C=O) groups is 1. The van der Waals surface area contributed by atoms with Gasteiger partial charge in [0.15, 0.2) is 0 Å². The number of sulfonamides is 1. The quantitative estimate of drug-likeness (QED) is 0.587. The van der Waals surface area contributed by atoms with Crippen molar-refractivity contribution in [3.8, 4) is 5.75 Å². The molecule has 0 fully saturated rings. The van der Waals surface area contributed by atoms with Crippen LogP contribution in [0, 0.1) is 0 Å². The molecule has 3 N–H and O–H groups in total. The highest BCUT2D eigenvalue weighted by Gasteiger charge is 2.08. The summed E-state index contributed by atoms with van der Waals surface area (Å²) in [5.74, 6) is 0.319. The Morgan fingerprint density at radius 1 is 1.20 bits per heavy atom. The maximum atomic E-state index is 11.9. The molecule has 0 aliphatic rings. The number of amides is 1. The second kappa shape index (κ2) is 8.27. The molecular formula is C18H18N2O4S. The highest BCUT2D eigenvalue weighted by atomic mass is 32.2. The Kier molecular flexibility index (Phi) is 6.10. The summed E-state index contributed by atoms with van der Waals surface area (Å²) in [7, 11) is -3.81. The maximum Gasteiger partial charge on any atom is 0.248 e. The van der Waals surface area contributed by atoms with Crippen LogP contribution in [0.15, 0.2) is 72.2 Å². The molecule has 2 aromatic rings. The van der Waals surface area contributed by atoms with Gasteiger partial charge in [0.25, 0.3) is 0 Å². The summed E-state index contributed by atoms with van der Waals surface area (Å²) in [4.78, 5) is 11.9. The topological polar surface area (TPSA) is 98.5 Å². The summed E-state index contributed by atoms with van der Waals surface area (Å²) >= 11 is 0. The van der Waals surface area contributed by atoms with Crippen LogP contribution in [0.2, 0.25) is 0 Å². The maximum absolute atomic E-state index is 11.9. The second-order valence-corrected chi connectivity index (χ2v) is 6.63. The Bertz CT molecular complexity index is 888. The first kappa shape index (κ1) is 18.4. The summed E-state index contributed by atoms with van der Waals surface area (Å²) in [6, 6.07) is 12.9. The van der Waals surface area contributed by atoms with Gasteiger partial charge in [0, 0.05) is 11.8 Å². The zero-order valence-corrected chi connectivity index (χ0v) is 14.2. The zero-order chi connectivity index (χ0) is 18.3. The molecule has 130 valence electrons. The number of hydrogen-bond acceptors (Lipinski definition) is 4. The van der Waals surface area contributed by atoms with Crippen LogP contribution >= 0.6 is 0 Å². The van der Waals surface area contributed by atoms with E-state index in [9.17, 15) is 13.2 Å². The van der Waals surface area contributed by atoms with E-state index >= 15 is 0 Å². The minimum Gasteiger partial charge on any atom is -0.490 e. The first-order chi connectivity index (χ1) is 11.9. The van der Waals surface area contributed by atoms with E-state index in [2.05, 4.69) is 11.9 Å². The van der Waals surface area contributed by atoms with Crippen molar-refractivity contribution in [1.29, 1.82) is 0 Å². The molecule has 25 heavy (non-hydrogen) atoms. The fraction of sp³-hybridized carbons (Fsp3) is 0.0556. The van der Waals surface area contributed by atoms with E-state index < -0.39 is 15.9 Å². The Balaban J connectivity index is 2.00. The molecule has 1 amide bonds. The summed E-state index contributed by atoms with van der Waals surface area (Å²) in [6.45, 7) is 4.00. The lowest BCUT2D eigenvalue weighted by molar-refractivity contribution is -0.111. The van der Waals surface area contributed by atoms with Crippen LogP contribution in [-0.2, 0) is 14.8 Å². The number of benzene rings is 2. The third kappa shape index (κ3) is 5.91. The van der Waals surface area contributed by atoms with Gasteiger partial charge >= 0.3 is 0 Å². The zero-order valence-electron chi connectivity index (χ0n) is 13.4. The van der Waals surface area contributed by atoms with Crippen LogP contribution < -0.4 is 15.2 Å². The Morgan fingerprint density at radius 3 is 2.56 bits per heavy atom. The lowest BCUT2D eigenvalue weighted by Gasteiger charge is -2.04. The molecule has 0 saturated carbocycles. The van der Waals surface area contributed by atoms with Crippen LogP contribution in [0.4, 0.5) is 5.69 Å². The fourth-order valence-electron chi connectivity index (χ4n) is 1.94. The first-order valence-electron chi connectivity index (χ1n) is 7.34. The third-order valence-corrected chi connectivity index (χ3v) is 4.02. The molecule has 0 spiro atoms. The average molecular weight is 358 g/mol. The molecule has 0 aliphatic heterocycles. The molecule has 0 heterocycles. The Morgan fingerprint density at radius 2 is 1.92 bits per heavy atom. The number of hydrogen-bond donors (Lipinski definition) is 2. The molecule has 0 aliphatic carbocycles. The van der Waals surface area contributed by atoms with E-state index in [0.717, 1.165) is 5.56 Å². The molecule has 2 rings (SSSR count). The van der Waals surface area contributed by atoms with E-state index in [4.69, 9.17) is 9.88 Å². The van der Waals surface area contributed by atoms with Crippen LogP contribution in [0.1, 0.15) is 5.56 Å². The predicted octanol–water partition coefficient (Wildman–Crippen LogP) is 2.55. The van der Waals surface area contributed by atoms with E-state index in [1.807, 2.05) is 12.1 Å². The number of nitrogens with one attached hydrogen (secondary N) is 1. The molecule has 0 saturated heterocycles. The van der Waals surface area contributed by atoms with E-state index in [1.54, 1.807) is 30.4 Å². The number of anilines is 1.